The Kier molecular flexibility index (Phi) is 3.66. The van der Waals surface area contributed by atoms with Gasteiger partial charge in [-0.05, 0) is 28.1 Å². The molecule has 18 heavy (non-hydrogen) atoms. The fraction of sp³-hybridized carbons (Fsp3) is 0.167. The number of para-hydroxylation sites is 1. The fourth-order valence-corrected chi connectivity index (χ4v) is 2.04. The van der Waals surface area contributed by atoms with Crippen molar-refractivity contribution in [3.05, 3.63) is 46.7 Å². The van der Waals surface area contributed by atoms with Crippen LogP contribution in [0.1, 0.15) is 11.6 Å². The lowest BCUT2D eigenvalue weighted by molar-refractivity contribution is -0.118. The van der Waals surface area contributed by atoms with Crippen molar-refractivity contribution in [3.63, 3.8) is 0 Å². The van der Waals surface area contributed by atoms with Crippen molar-refractivity contribution in [2.45, 2.75) is 6.04 Å². The molecule has 1 amide bonds. The highest BCUT2D eigenvalue weighted by atomic mass is 79.9. The Balaban J connectivity index is 2.28. The normalized spacial score (nSPS) is 12.1. The molecular formula is C12H13BrN4O. The van der Waals surface area contributed by atoms with Crippen molar-refractivity contribution in [1.82, 2.24) is 9.78 Å². The number of nitrogens with zero attached hydrogens (tertiary/aromatic N) is 2. The van der Waals surface area contributed by atoms with Crippen LogP contribution >= 0.6 is 15.9 Å². The zero-order valence-corrected chi connectivity index (χ0v) is 11.4. The van der Waals surface area contributed by atoms with Crippen LogP contribution in [-0.2, 0) is 11.8 Å². The van der Waals surface area contributed by atoms with Crippen molar-refractivity contribution in [2.75, 3.05) is 5.32 Å². The van der Waals surface area contributed by atoms with Crippen LogP contribution < -0.4 is 11.1 Å². The highest BCUT2D eigenvalue weighted by Crippen LogP contribution is 2.26. The Morgan fingerprint density at radius 2 is 2.22 bits per heavy atom. The van der Waals surface area contributed by atoms with Gasteiger partial charge in [-0.25, -0.2) is 0 Å². The molecule has 2 rings (SSSR count). The molecule has 1 atom stereocenters. The lowest BCUT2D eigenvalue weighted by Gasteiger charge is -2.16. The van der Waals surface area contributed by atoms with Gasteiger partial charge < -0.3 is 11.1 Å². The second-order valence-electron chi connectivity index (χ2n) is 3.91. The minimum Gasteiger partial charge on any atom is -0.369 e. The number of nitrogens with two attached hydrogens (primary N) is 1. The Morgan fingerprint density at radius 1 is 1.50 bits per heavy atom. The van der Waals surface area contributed by atoms with Gasteiger partial charge in [-0.2, -0.15) is 5.10 Å². The van der Waals surface area contributed by atoms with E-state index in [9.17, 15) is 4.79 Å². The number of aryl methyl sites for hydroxylation is 1. The molecule has 2 aromatic rings. The van der Waals surface area contributed by atoms with Crippen molar-refractivity contribution in [1.29, 1.82) is 0 Å². The first kappa shape index (κ1) is 12.6. The van der Waals surface area contributed by atoms with Gasteiger partial charge in [-0.1, -0.05) is 12.1 Å². The van der Waals surface area contributed by atoms with E-state index >= 15 is 0 Å². The molecule has 0 saturated heterocycles. The smallest absolute Gasteiger partial charge is 0.244 e. The third kappa shape index (κ3) is 2.70. The molecule has 1 aromatic heterocycles. The van der Waals surface area contributed by atoms with Crippen LogP contribution in [-0.4, -0.2) is 15.7 Å². The summed E-state index contributed by atoms with van der Waals surface area (Å²) >= 11 is 3.42. The van der Waals surface area contributed by atoms with Gasteiger partial charge in [0.25, 0.3) is 0 Å². The maximum absolute atomic E-state index is 11.5. The number of aromatic nitrogens is 2. The van der Waals surface area contributed by atoms with E-state index in [1.165, 1.54) is 0 Å². The van der Waals surface area contributed by atoms with Gasteiger partial charge in [0.15, 0.2) is 0 Å². The van der Waals surface area contributed by atoms with Crippen molar-refractivity contribution in [3.8, 4) is 0 Å². The number of hydrogen-bond acceptors (Lipinski definition) is 3. The third-order valence-corrected chi connectivity index (χ3v) is 3.21. The molecule has 1 heterocycles. The van der Waals surface area contributed by atoms with Crippen LogP contribution in [0.3, 0.4) is 0 Å². The SMILES string of the molecule is Cn1cc(C(Nc2ccccc2Br)C(N)=O)cn1. The van der Waals surface area contributed by atoms with E-state index in [0.717, 1.165) is 15.7 Å². The summed E-state index contributed by atoms with van der Waals surface area (Å²) in [5.74, 6) is -0.446. The van der Waals surface area contributed by atoms with Crippen molar-refractivity contribution >= 4 is 27.5 Å². The van der Waals surface area contributed by atoms with E-state index in [4.69, 9.17) is 5.73 Å². The standard InChI is InChI=1S/C12H13BrN4O/c1-17-7-8(6-15-17)11(12(14)18)16-10-5-3-2-4-9(10)13/h2-7,11,16H,1H3,(H2,14,18). The van der Waals surface area contributed by atoms with Crippen LogP contribution in [0, 0.1) is 0 Å². The van der Waals surface area contributed by atoms with Gasteiger partial charge in [0.05, 0.1) is 6.20 Å². The number of hydrogen-bond donors (Lipinski definition) is 2. The van der Waals surface area contributed by atoms with Gasteiger partial charge >= 0.3 is 0 Å². The molecule has 6 heteroatoms. The third-order valence-electron chi connectivity index (χ3n) is 2.52. The molecule has 0 spiro atoms. The predicted octanol–water partition coefficient (Wildman–Crippen LogP) is 1.82. The van der Waals surface area contributed by atoms with Crippen molar-refractivity contribution < 1.29 is 4.79 Å². The largest absolute Gasteiger partial charge is 0.369 e. The Morgan fingerprint density at radius 3 is 2.78 bits per heavy atom. The summed E-state index contributed by atoms with van der Waals surface area (Å²) in [5.41, 5.74) is 6.97. The Hall–Kier alpha value is -1.82. The molecule has 3 N–H and O–H groups in total. The Bertz CT molecular complexity index is 567. The van der Waals surface area contributed by atoms with E-state index in [1.54, 1.807) is 24.1 Å². The highest BCUT2D eigenvalue weighted by Gasteiger charge is 2.19. The maximum Gasteiger partial charge on any atom is 0.244 e. The fourth-order valence-electron chi connectivity index (χ4n) is 1.64. The number of halogens is 1. The lowest BCUT2D eigenvalue weighted by Crippen LogP contribution is -2.27. The lowest BCUT2D eigenvalue weighted by atomic mass is 10.1. The molecule has 1 unspecified atom stereocenters. The van der Waals surface area contributed by atoms with Gasteiger partial charge in [-0.3, -0.25) is 9.48 Å². The first-order chi connectivity index (χ1) is 8.58. The van der Waals surface area contributed by atoms with E-state index in [-0.39, 0.29) is 0 Å². The van der Waals surface area contributed by atoms with E-state index in [0.29, 0.717) is 0 Å². The number of anilines is 1. The summed E-state index contributed by atoms with van der Waals surface area (Å²) in [6.45, 7) is 0. The minimum absolute atomic E-state index is 0.446. The molecule has 0 saturated carbocycles. The van der Waals surface area contributed by atoms with Gasteiger partial charge in [-0.15, -0.1) is 0 Å². The summed E-state index contributed by atoms with van der Waals surface area (Å²) in [5, 5.41) is 7.14. The van der Waals surface area contributed by atoms with Gasteiger partial charge in [0, 0.05) is 29.0 Å². The molecule has 5 nitrogen and oxygen atoms in total. The number of nitrogens with one attached hydrogen (secondary N) is 1. The second-order valence-corrected chi connectivity index (χ2v) is 4.76. The van der Waals surface area contributed by atoms with Crippen LogP contribution in [0.15, 0.2) is 41.1 Å². The molecule has 0 radical (unpaired) electrons. The van der Waals surface area contributed by atoms with Gasteiger partial charge in [0.1, 0.15) is 6.04 Å². The van der Waals surface area contributed by atoms with Crippen LogP contribution in [0.5, 0.6) is 0 Å². The number of carbonyl (C=O) groups excluding carboxylic acids is 1. The first-order valence-electron chi connectivity index (χ1n) is 5.37. The predicted molar refractivity (Wildman–Crippen MR) is 72.9 cm³/mol. The van der Waals surface area contributed by atoms with E-state index in [2.05, 4.69) is 26.3 Å². The highest BCUT2D eigenvalue weighted by molar-refractivity contribution is 9.10. The summed E-state index contributed by atoms with van der Waals surface area (Å²) < 4.78 is 2.51. The molecular weight excluding hydrogens is 296 g/mol. The summed E-state index contributed by atoms with van der Waals surface area (Å²) in [7, 11) is 1.79. The van der Waals surface area contributed by atoms with Crippen LogP contribution in [0.2, 0.25) is 0 Å². The topological polar surface area (TPSA) is 72.9 Å². The number of rotatable bonds is 4. The summed E-state index contributed by atoms with van der Waals surface area (Å²) in [6.07, 6.45) is 3.39. The van der Waals surface area contributed by atoms with Crippen LogP contribution in [0.25, 0.3) is 0 Å². The zero-order valence-electron chi connectivity index (χ0n) is 9.80. The van der Waals surface area contributed by atoms with Crippen molar-refractivity contribution in [2.24, 2.45) is 12.8 Å². The molecule has 1 aromatic carbocycles. The monoisotopic (exact) mass is 308 g/mol. The quantitative estimate of drug-likeness (QED) is 0.905. The molecule has 0 bridgehead atoms. The number of primary amides is 1. The molecule has 0 fully saturated rings. The Labute approximate surface area is 113 Å². The molecule has 0 aliphatic heterocycles. The summed E-state index contributed by atoms with van der Waals surface area (Å²) in [6, 6.07) is 6.95. The molecule has 94 valence electrons. The van der Waals surface area contributed by atoms with E-state index in [1.807, 2.05) is 24.3 Å². The average Bonchev–Trinajstić information content (AvgIpc) is 2.74. The number of carbonyl (C=O) groups is 1. The average molecular weight is 309 g/mol. The minimum atomic E-state index is -0.600. The first-order valence-corrected chi connectivity index (χ1v) is 6.16. The number of amides is 1. The van der Waals surface area contributed by atoms with E-state index < -0.39 is 11.9 Å². The van der Waals surface area contributed by atoms with Gasteiger partial charge in [0.2, 0.25) is 5.91 Å². The summed E-state index contributed by atoms with van der Waals surface area (Å²) in [4.78, 5) is 11.5. The second kappa shape index (κ2) is 5.22. The van der Waals surface area contributed by atoms with Crippen LogP contribution in [0.4, 0.5) is 5.69 Å². The number of benzene rings is 1. The maximum atomic E-state index is 11.5. The zero-order chi connectivity index (χ0) is 13.1. The molecule has 0 aliphatic carbocycles. The molecule has 0 aliphatic rings.